The molecule has 0 aromatic heterocycles. The molecule has 0 bridgehead atoms. The van der Waals surface area contributed by atoms with Crippen molar-refractivity contribution in [2.24, 2.45) is 0 Å². The topological polar surface area (TPSA) is 105 Å². The molecule has 1 saturated heterocycles. The Kier molecular flexibility index (Phi) is 6.90. The number of nitrogens with two attached hydrogens (primary N) is 1. The highest BCUT2D eigenvalue weighted by Crippen LogP contribution is 2.29. The van der Waals surface area contributed by atoms with Gasteiger partial charge < -0.3 is 25.8 Å². The highest BCUT2D eigenvalue weighted by atomic mass is 35.5. The molecule has 0 aliphatic carbocycles. The van der Waals surface area contributed by atoms with Gasteiger partial charge in [-0.2, -0.15) is 0 Å². The first-order chi connectivity index (χ1) is 11.9. The van der Waals surface area contributed by atoms with Gasteiger partial charge in [0.15, 0.2) is 0 Å². The number of benzene rings is 1. The fourth-order valence-electron chi connectivity index (χ4n) is 2.93. The molecule has 1 amide bonds. The lowest BCUT2D eigenvalue weighted by molar-refractivity contribution is -0.137. The Balaban J connectivity index is 1.86. The summed E-state index contributed by atoms with van der Waals surface area (Å²) in [5.41, 5.74) is 6.47. The van der Waals surface area contributed by atoms with Gasteiger partial charge in [0.2, 0.25) is 0 Å². The van der Waals surface area contributed by atoms with Crippen molar-refractivity contribution in [3.63, 3.8) is 0 Å². The van der Waals surface area contributed by atoms with Crippen molar-refractivity contribution >= 4 is 29.2 Å². The van der Waals surface area contributed by atoms with E-state index >= 15 is 0 Å². The van der Waals surface area contributed by atoms with Crippen LogP contribution in [0.5, 0.6) is 5.75 Å². The maximum atomic E-state index is 12.5. The number of hydrogen-bond donors (Lipinski definition) is 3. The normalized spacial score (nSPS) is 15.8. The van der Waals surface area contributed by atoms with Crippen LogP contribution in [0.2, 0.25) is 5.02 Å². The van der Waals surface area contributed by atoms with E-state index in [-0.39, 0.29) is 18.4 Å². The molecule has 25 heavy (non-hydrogen) atoms. The van der Waals surface area contributed by atoms with E-state index < -0.39 is 5.97 Å². The summed E-state index contributed by atoms with van der Waals surface area (Å²) >= 11 is 6.01. The molecule has 1 aliphatic rings. The molecule has 138 valence electrons. The van der Waals surface area contributed by atoms with Crippen LogP contribution in [0.4, 0.5) is 5.69 Å². The maximum absolute atomic E-state index is 12.5. The number of ether oxygens (including phenoxy) is 1. The summed E-state index contributed by atoms with van der Waals surface area (Å²) in [6.45, 7) is 2.45. The molecular formula is C17H24ClN3O4. The van der Waals surface area contributed by atoms with Crippen molar-refractivity contribution in [2.45, 2.75) is 31.7 Å². The molecule has 1 fully saturated rings. The van der Waals surface area contributed by atoms with E-state index in [1.807, 2.05) is 0 Å². The third-order valence-electron chi connectivity index (χ3n) is 4.35. The summed E-state index contributed by atoms with van der Waals surface area (Å²) in [7, 11) is 1.48. The number of nitrogen functional groups attached to an aromatic ring is 1. The molecule has 0 radical (unpaired) electrons. The second-order valence-corrected chi connectivity index (χ2v) is 6.57. The molecule has 0 atom stereocenters. The number of nitrogens with zero attached hydrogens (tertiary/aromatic N) is 1. The van der Waals surface area contributed by atoms with E-state index in [1.165, 1.54) is 13.2 Å². The minimum Gasteiger partial charge on any atom is -0.496 e. The molecule has 4 N–H and O–H groups in total. The summed E-state index contributed by atoms with van der Waals surface area (Å²) < 4.78 is 5.22. The number of methoxy groups -OCH3 is 1. The van der Waals surface area contributed by atoms with Crippen LogP contribution in [0.3, 0.4) is 0 Å². The van der Waals surface area contributed by atoms with Crippen LogP contribution in [-0.2, 0) is 4.79 Å². The fraction of sp³-hybridized carbons (Fsp3) is 0.529. The lowest BCUT2D eigenvalue weighted by atomic mass is 10.0. The zero-order valence-corrected chi connectivity index (χ0v) is 15.0. The molecule has 1 aliphatic heterocycles. The third-order valence-corrected chi connectivity index (χ3v) is 4.68. The lowest BCUT2D eigenvalue weighted by Crippen LogP contribution is -2.45. The minimum absolute atomic E-state index is 0.0734. The van der Waals surface area contributed by atoms with Gasteiger partial charge in [0, 0.05) is 31.6 Å². The van der Waals surface area contributed by atoms with Crippen LogP contribution in [-0.4, -0.2) is 54.7 Å². The average Bonchev–Trinajstić information content (AvgIpc) is 2.58. The van der Waals surface area contributed by atoms with Crippen LogP contribution in [0.1, 0.15) is 36.0 Å². The standard InChI is InChI=1S/C17H24ClN3O4/c1-25-15-10-14(19)13(18)9-12(15)17(24)20-11-4-7-21(8-5-11)6-2-3-16(22)23/h9-11H,2-8,19H2,1H3,(H,20,24)(H,22,23). The Bertz CT molecular complexity index is 631. The number of anilines is 1. The highest BCUT2D eigenvalue weighted by Gasteiger charge is 2.23. The van der Waals surface area contributed by atoms with Gasteiger partial charge >= 0.3 is 5.97 Å². The van der Waals surface area contributed by atoms with Crippen LogP contribution in [0.15, 0.2) is 12.1 Å². The number of likely N-dealkylation sites (tertiary alicyclic amines) is 1. The van der Waals surface area contributed by atoms with Gasteiger partial charge in [-0.15, -0.1) is 0 Å². The fourth-order valence-corrected chi connectivity index (χ4v) is 3.10. The van der Waals surface area contributed by atoms with Gasteiger partial charge in [0.25, 0.3) is 5.91 Å². The number of amides is 1. The molecule has 1 heterocycles. The number of carbonyl (C=O) groups excluding carboxylic acids is 1. The van der Waals surface area contributed by atoms with Crippen LogP contribution >= 0.6 is 11.6 Å². The van der Waals surface area contributed by atoms with Gasteiger partial charge in [0.05, 0.1) is 23.4 Å². The van der Waals surface area contributed by atoms with E-state index in [0.29, 0.717) is 28.4 Å². The molecule has 8 heteroatoms. The minimum atomic E-state index is -0.766. The first kappa shape index (κ1) is 19.3. The number of nitrogens with one attached hydrogen (secondary N) is 1. The number of halogens is 1. The molecular weight excluding hydrogens is 346 g/mol. The van der Waals surface area contributed by atoms with Crippen molar-refractivity contribution in [3.8, 4) is 5.75 Å². The number of aliphatic carboxylic acids is 1. The third kappa shape index (κ3) is 5.51. The number of carboxylic acids is 1. The summed E-state index contributed by atoms with van der Waals surface area (Å²) in [4.78, 5) is 25.3. The van der Waals surface area contributed by atoms with Crippen molar-refractivity contribution in [3.05, 3.63) is 22.7 Å². The Hall–Kier alpha value is -1.99. The Morgan fingerprint density at radius 2 is 2.08 bits per heavy atom. The second kappa shape index (κ2) is 8.92. The number of carbonyl (C=O) groups is 2. The molecule has 0 saturated carbocycles. The van der Waals surface area contributed by atoms with E-state index in [0.717, 1.165) is 32.5 Å². The van der Waals surface area contributed by atoms with Crippen molar-refractivity contribution in [2.75, 3.05) is 32.5 Å². The van der Waals surface area contributed by atoms with Crippen molar-refractivity contribution < 1.29 is 19.4 Å². The van der Waals surface area contributed by atoms with E-state index in [2.05, 4.69) is 10.2 Å². The lowest BCUT2D eigenvalue weighted by Gasteiger charge is -2.32. The maximum Gasteiger partial charge on any atom is 0.303 e. The predicted octanol–water partition coefficient (Wildman–Crippen LogP) is 1.99. The zero-order valence-electron chi connectivity index (χ0n) is 14.3. The first-order valence-corrected chi connectivity index (χ1v) is 8.66. The number of carboxylic acid groups (broad SMARTS) is 1. The quantitative estimate of drug-likeness (QED) is 0.635. The predicted molar refractivity (Wildman–Crippen MR) is 96.2 cm³/mol. The van der Waals surface area contributed by atoms with Crippen LogP contribution < -0.4 is 15.8 Å². The zero-order chi connectivity index (χ0) is 18.4. The molecule has 0 unspecified atom stereocenters. The molecule has 0 spiro atoms. The van der Waals surface area contributed by atoms with E-state index in [1.54, 1.807) is 6.07 Å². The van der Waals surface area contributed by atoms with Gasteiger partial charge in [0.1, 0.15) is 5.75 Å². The highest BCUT2D eigenvalue weighted by molar-refractivity contribution is 6.33. The Morgan fingerprint density at radius 1 is 1.40 bits per heavy atom. The van der Waals surface area contributed by atoms with Gasteiger partial charge in [-0.25, -0.2) is 0 Å². The largest absolute Gasteiger partial charge is 0.496 e. The molecule has 2 rings (SSSR count). The van der Waals surface area contributed by atoms with Crippen LogP contribution in [0.25, 0.3) is 0 Å². The van der Waals surface area contributed by atoms with Crippen LogP contribution in [0, 0.1) is 0 Å². The smallest absolute Gasteiger partial charge is 0.303 e. The second-order valence-electron chi connectivity index (χ2n) is 6.16. The molecule has 1 aromatic rings. The number of hydrogen-bond acceptors (Lipinski definition) is 5. The van der Waals surface area contributed by atoms with Gasteiger partial charge in [-0.3, -0.25) is 9.59 Å². The molecule has 1 aromatic carbocycles. The van der Waals surface area contributed by atoms with Gasteiger partial charge in [-0.05, 0) is 31.9 Å². The summed E-state index contributed by atoms with van der Waals surface area (Å²) in [5, 5.41) is 12.0. The first-order valence-electron chi connectivity index (χ1n) is 8.28. The Labute approximate surface area is 152 Å². The van der Waals surface area contributed by atoms with Gasteiger partial charge in [-0.1, -0.05) is 11.6 Å². The van der Waals surface area contributed by atoms with E-state index in [4.69, 9.17) is 27.2 Å². The molecule has 7 nitrogen and oxygen atoms in total. The SMILES string of the molecule is COc1cc(N)c(Cl)cc1C(=O)NC1CCN(CCCC(=O)O)CC1. The van der Waals surface area contributed by atoms with Crippen molar-refractivity contribution in [1.82, 2.24) is 10.2 Å². The summed E-state index contributed by atoms with van der Waals surface area (Å²) in [6, 6.07) is 3.14. The summed E-state index contributed by atoms with van der Waals surface area (Å²) in [6.07, 6.45) is 2.48. The monoisotopic (exact) mass is 369 g/mol. The number of rotatable bonds is 7. The average molecular weight is 370 g/mol. The van der Waals surface area contributed by atoms with Crippen molar-refractivity contribution in [1.29, 1.82) is 0 Å². The van der Waals surface area contributed by atoms with E-state index in [9.17, 15) is 9.59 Å². The Morgan fingerprint density at radius 3 is 2.68 bits per heavy atom. The number of piperidine rings is 1. The summed E-state index contributed by atoms with van der Waals surface area (Å²) in [5.74, 6) is -0.605.